The van der Waals surface area contributed by atoms with Crippen molar-refractivity contribution in [3.05, 3.63) is 59.2 Å². The third-order valence-corrected chi connectivity index (χ3v) is 3.49. The van der Waals surface area contributed by atoms with Crippen LogP contribution >= 0.6 is 0 Å². The van der Waals surface area contributed by atoms with Crippen molar-refractivity contribution in [3.8, 4) is 11.1 Å². The van der Waals surface area contributed by atoms with Crippen LogP contribution in [0.4, 0.5) is 0 Å². The fourth-order valence-electron chi connectivity index (χ4n) is 2.43. The van der Waals surface area contributed by atoms with Gasteiger partial charge < -0.3 is 9.63 Å². The van der Waals surface area contributed by atoms with Gasteiger partial charge >= 0.3 is 0 Å². The van der Waals surface area contributed by atoms with E-state index in [0.29, 0.717) is 6.54 Å². The molecule has 0 saturated heterocycles. The van der Waals surface area contributed by atoms with Crippen LogP contribution < -0.4 is 0 Å². The number of benzene rings is 1. The minimum Gasteiger partial charge on any atom is -0.392 e. The Morgan fingerprint density at radius 1 is 1.14 bits per heavy atom. The molecule has 0 atom stereocenters. The Labute approximate surface area is 122 Å². The van der Waals surface area contributed by atoms with Gasteiger partial charge in [0.25, 0.3) is 0 Å². The summed E-state index contributed by atoms with van der Waals surface area (Å²) in [4.78, 5) is 0. The van der Waals surface area contributed by atoms with Gasteiger partial charge in [-0.3, -0.25) is 4.68 Å². The summed E-state index contributed by atoms with van der Waals surface area (Å²) in [6, 6.07) is 8.28. The number of hydrogen-bond donors (Lipinski definition) is 1. The Balaban J connectivity index is 1.81. The van der Waals surface area contributed by atoms with Crippen LogP contribution in [-0.4, -0.2) is 20.0 Å². The van der Waals surface area contributed by atoms with E-state index >= 15 is 0 Å². The zero-order valence-electron chi connectivity index (χ0n) is 12.1. The Bertz CT molecular complexity index is 722. The number of nitrogens with zero attached hydrogens (tertiary/aromatic N) is 3. The molecule has 1 N–H and O–H groups in total. The van der Waals surface area contributed by atoms with Gasteiger partial charge in [-0.25, -0.2) is 0 Å². The second-order valence-corrected chi connectivity index (χ2v) is 5.10. The molecule has 3 aromatic rings. The highest BCUT2D eigenvalue weighted by atomic mass is 16.5. The van der Waals surface area contributed by atoms with E-state index < -0.39 is 0 Å². The van der Waals surface area contributed by atoms with E-state index in [-0.39, 0.29) is 6.61 Å². The predicted octanol–water partition coefficient (Wildman–Crippen LogP) is 2.70. The average Bonchev–Trinajstić information content (AvgIpc) is 3.07. The van der Waals surface area contributed by atoms with Crippen molar-refractivity contribution in [2.45, 2.75) is 27.0 Å². The van der Waals surface area contributed by atoms with Crippen molar-refractivity contribution >= 4 is 0 Å². The van der Waals surface area contributed by atoms with Crippen LogP contribution in [0, 0.1) is 13.8 Å². The maximum atomic E-state index is 9.04. The monoisotopic (exact) mass is 283 g/mol. The molecule has 0 bridgehead atoms. The lowest BCUT2D eigenvalue weighted by Gasteiger charge is -2.04. The number of hydrogen-bond acceptors (Lipinski definition) is 4. The van der Waals surface area contributed by atoms with Crippen LogP contribution in [0.1, 0.15) is 22.6 Å². The van der Waals surface area contributed by atoms with Gasteiger partial charge in [-0.1, -0.05) is 29.4 Å². The summed E-state index contributed by atoms with van der Waals surface area (Å²) in [5, 5.41) is 17.2. The normalized spacial score (nSPS) is 11.0. The Hall–Kier alpha value is -2.40. The molecule has 0 saturated carbocycles. The predicted molar refractivity (Wildman–Crippen MR) is 78.7 cm³/mol. The van der Waals surface area contributed by atoms with Gasteiger partial charge in [0.2, 0.25) is 0 Å². The molecular weight excluding hydrogens is 266 g/mol. The van der Waals surface area contributed by atoms with Crippen LogP contribution in [0.25, 0.3) is 11.1 Å². The van der Waals surface area contributed by atoms with Crippen LogP contribution in [0.5, 0.6) is 0 Å². The van der Waals surface area contributed by atoms with Crippen molar-refractivity contribution in [1.82, 2.24) is 14.9 Å². The highest BCUT2D eigenvalue weighted by Crippen LogP contribution is 2.26. The zero-order chi connectivity index (χ0) is 14.8. The molecule has 1 aromatic carbocycles. The van der Waals surface area contributed by atoms with Gasteiger partial charge in [0.1, 0.15) is 5.76 Å². The lowest BCUT2D eigenvalue weighted by atomic mass is 10.0. The van der Waals surface area contributed by atoms with Crippen molar-refractivity contribution in [2.75, 3.05) is 0 Å². The van der Waals surface area contributed by atoms with Gasteiger partial charge in [-0.15, -0.1) is 0 Å². The lowest BCUT2D eigenvalue weighted by Crippen LogP contribution is -1.99. The molecule has 0 spiro atoms. The third kappa shape index (κ3) is 2.73. The molecule has 0 aliphatic heterocycles. The number of aliphatic hydroxyl groups excluding tert-OH is 1. The molecule has 5 heteroatoms. The van der Waals surface area contributed by atoms with E-state index in [2.05, 4.69) is 34.5 Å². The third-order valence-electron chi connectivity index (χ3n) is 3.49. The average molecular weight is 283 g/mol. The van der Waals surface area contributed by atoms with Gasteiger partial charge in [-0.05, 0) is 25.0 Å². The van der Waals surface area contributed by atoms with Gasteiger partial charge in [0.05, 0.1) is 25.0 Å². The first-order valence-corrected chi connectivity index (χ1v) is 6.81. The first-order chi connectivity index (χ1) is 10.2. The Kier molecular flexibility index (Phi) is 3.58. The molecule has 0 unspecified atom stereocenters. The quantitative estimate of drug-likeness (QED) is 0.799. The standard InChI is InChI=1S/C16H17N3O2/c1-11-16(12(2)21-18-11)15-5-3-13(4-6-15)8-19-9-14(10-20)7-17-19/h3-7,9,20H,8,10H2,1-2H3. The fraction of sp³-hybridized carbons (Fsp3) is 0.250. The summed E-state index contributed by atoms with van der Waals surface area (Å²) in [7, 11) is 0. The maximum Gasteiger partial charge on any atom is 0.141 e. The number of aromatic nitrogens is 3. The molecule has 108 valence electrons. The molecule has 0 aliphatic rings. The Morgan fingerprint density at radius 2 is 1.90 bits per heavy atom. The molecule has 3 rings (SSSR count). The topological polar surface area (TPSA) is 64.1 Å². The molecule has 0 aliphatic carbocycles. The minimum absolute atomic E-state index is 0.0188. The van der Waals surface area contributed by atoms with Crippen molar-refractivity contribution in [2.24, 2.45) is 0 Å². The van der Waals surface area contributed by atoms with E-state index in [1.54, 1.807) is 6.20 Å². The van der Waals surface area contributed by atoms with Crippen LogP contribution in [0.15, 0.2) is 41.2 Å². The number of rotatable bonds is 4. The van der Waals surface area contributed by atoms with Crippen LogP contribution in [0.3, 0.4) is 0 Å². The van der Waals surface area contributed by atoms with Gasteiger partial charge in [-0.2, -0.15) is 5.10 Å². The second-order valence-electron chi connectivity index (χ2n) is 5.10. The van der Waals surface area contributed by atoms with Gasteiger partial charge in [0.15, 0.2) is 0 Å². The van der Waals surface area contributed by atoms with Crippen molar-refractivity contribution in [1.29, 1.82) is 0 Å². The second kappa shape index (κ2) is 5.54. The lowest BCUT2D eigenvalue weighted by molar-refractivity contribution is 0.281. The summed E-state index contributed by atoms with van der Waals surface area (Å²) >= 11 is 0. The summed E-state index contributed by atoms with van der Waals surface area (Å²) in [6.45, 7) is 4.57. The van der Waals surface area contributed by atoms with Crippen LogP contribution in [0.2, 0.25) is 0 Å². The molecule has 0 radical (unpaired) electrons. The fourth-order valence-corrected chi connectivity index (χ4v) is 2.43. The highest BCUT2D eigenvalue weighted by molar-refractivity contribution is 5.67. The summed E-state index contributed by atoms with van der Waals surface area (Å²) in [5.41, 5.74) is 5.04. The molecule has 5 nitrogen and oxygen atoms in total. The van der Waals surface area contributed by atoms with Gasteiger partial charge in [0, 0.05) is 17.3 Å². The summed E-state index contributed by atoms with van der Waals surface area (Å²) in [6.07, 6.45) is 3.53. The highest BCUT2D eigenvalue weighted by Gasteiger charge is 2.11. The van der Waals surface area contributed by atoms with E-state index in [9.17, 15) is 0 Å². The van der Waals surface area contributed by atoms with Crippen molar-refractivity contribution < 1.29 is 9.63 Å². The van der Waals surface area contributed by atoms with E-state index in [4.69, 9.17) is 9.63 Å². The summed E-state index contributed by atoms with van der Waals surface area (Å²) in [5.74, 6) is 0.833. The molecular formula is C16H17N3O2. The Morgan fingerprint density at radius 3 is 2.48 bits per heavy atom. The van der Waals surface area contributed by atoms with E-state index in [1.807, 2.05) is 24.7 Å². The molecule has 2 heterocycles. The zero-order valence-corrected chi connectivity index (χ0v) is 12.1. The minimum atomic E-state index is 0.0188. The smallest absolute Gasteiger partial charge is 0.141 e. The van der Waals surface area contributed by atoms with E-state index in [0.717, 1.165) is 33.7 Å². The summed E-state index contributed by atoms with van der Waals surface area (Å²) < 4.78 is 7.02. The largest absolute Gasteiger partial charge is 0.392 e. The maximum absolute atomic E-state index is 9.04. The van der Waals surface area contributed by atoms with Crippen LogP contribution in [-0.2, 0) is 13.2 Å². The first-order valence-electron chi connectivity index (χ1n) is 6.81. The van der Waals surface area contributed by atoms with Crippen molar-refractivity contribution in [3.63, 3.8) is 0 Å². The molecule has 0 fully saturated rings. The molecule has 2 aromatic heterocycles. The number of aliphatic hydroxyl groups is 1. The first kappa shape index (κ1) is 13.6. The number of aryl methyl sites for hydroxylation is 2. The molecule has 0 amide bonds. The SMILES string of the molecule is Cc1noc(C)c1-c1ccc(Cn2cc(CO)cn2)cc1. The molecule has 21 heavy (non-hydrogen) atoms. The van der Waals surface area contributed by atoms with E-state index in [1.165, 1.54) is 0 Å².